The third-order valence-electron chi connectivity index (χ3n) is 3.33. The predicted octanol–water partition coefficient (Wildman–Crippen LogP) is 4.02. The van der Waals surface area contributed by atoms with E-state index >= 15 is 0 Å². The second-order valence-electron chi connectivity index (χ2n) is 5.01. The largest absolute Gasteiger partial charge is 0.300 e. The highest BCUT2D eigenvalue weighted by atomic mass is 16.1. The van der Waals surface area contributed by atoms with E-state index in [0.29, 0.717) is 18.4 Å². The first-order valence-corrected chi connectivity index (χ1v) is 6.79. The monoisotopic (exact) mass is 266 g/mol. The van der Waals surface area contributed by atoms with E-state index in [-0.39, 0.29) is 17.5 Å². The van der Waals surface area contributed by atoms with Gasteiger partial charge in [0.25, 0.3) is 0 Å². The van der Waals surface area contributed by atoms with Gasteiger partial charge in [-0.15, -0.1) is 0 Å². The molecule has 0 bridgehead atoms. The van der Waals surface area contributed by atoms with Gasteiger partial charge < -0.3 is 4.79 Å². The average Bonchev–Trinajstić information content (AvgIpc) is 2.48. The SMILES string of the molecule is CC(=O)C[C@H](CC(=O)c1ccccc1)c1ccccc1. The summed E-state index contributed by atoms with van der Waals surface area (Å²) in [5, 5.41) is 0. The highest BCUT2D eigenvalue weighted by Crippen LogP contribution is 2.25. The average molecular weight is 266 g/mol. The van der Waals surface area contributed by atoms with Crippen LogP contribution in [0.15, 0.2) is 60.7 Å². The standard InChI is InChI=1S/C18H18O2/c1-14(19)12-17(15-8-4-2-5-9-15)13-18(20)16-10-6-3-7-11-16/h2-11,17H,12-13H2,1H3/t17-/m1/s1. The molecular weight excluding hydrogens is 248 g/mol. The summed E-state index contributed by atoms with van der Waals surface area (Å²) in [7, 11) is 0. The van der Waals surface area contributed by atoms with Crippen LogP contribution in [0.2, 0.25) is 0 Å². The molecule has 0 saturated heterocycles. The first kappa shape index (κ1) is 14.2. The molecule has 0 aliphatic heterocycles. The minimum atomic E-state index is -0.0404. The van der Waals surface area contributed by atoms with Crippen LogP contribution < -0.4 is 0 Å². The lowest BCUT2D eigenvalue weighted by molar-refractivity contribution is -0.117. The molecule has 102 valence electrons. The highest BCUT2D eigenvalue weighted by molar-refractivity contribution is 5.96. The number of carbonyl (C=O) groups is 2. The van der Waals surface area contributed by atoms with Crippen LogP contribution in [-0.2, 0) is 4.79 Å². The van der Waals surface area contributed by atoms with E-state index in [1.54, 1.807) is 6.92 Å². The molecular formula is C18H18O2. The van der Waals surface area contributed by atoms with Gasteiger partial charge in [-0.1, -0.05) is 60.7 Å². The first-order chi connectivity index (χ1) is 9.66. The zero-order valence-corrected chi connectivity index (χ0v) is 11.6. The summed E-state index contributed by atoms with van der Waals surface area (Å²) in [6, 6.07) is 19.0. The number of carbonyl (C=O) groups excluding carboxylic acids is 2. The van der Waals surface area contributed by atoms with Crippen LogP contribution in [0.4, 0.5) is 0 Å². The van der Waals surface area contributed by atoms with E-state index < -0.39 is 0 Å². The van der Waals surface area contributed by atoms with Crippen molar-refractivity contribution in [1.82, 2.24) is 0 Å². The predicted molar refractivity (Wildman–Crippen MR) is 79.9 cm³/mol. The molecule has 0 unspecified atom stereocenters. The lowest BCUT2D eigenvalue weighted by Gasteiger charge is -2.15. The Morgan fingerprint density at radius 3 is 1.95 bits per heavy atom. The Balaban J connectivity index is 2.16. The Morgan fingerprint density at radius 2 is 1.40 bits per heavy atom. The molecule has 0 aliphatic carbocycles. The van der Waals surface area contributed by atoms with Gasteiger partial charge in [0.2, 0.25) is 0 Å². The summed E-state index contributed by atoms with van der Waals surface area (Å²) >= 11 is 0. The summed E-state index contributed by atoms with van der Waals surface area (Å²) in [6.07, 6.45) is 0.774. The van der Waals surface area contributed by atoms with Crippen molar-refractivity contribution < 1.29 is 9.59 Å². The summed E-state index contributed by atoms with van der Waals surface area (Å²) in [4.78, 5) is 23.7. The van der Waals surface area contributed by atoms with Crippen molar-refractivity contribution in [3.05, 3.63) is 71.8 Å². The van der Waals surface area contributed by atoms with Crippen LogP contribution in [-0.4, -0.2) is 11.6 Å². The van der Waals surface area contributed by atoms with E-state index in [1.807, 2.05) is 60.7 Å². The van der Waals surface area contributed by atoms with Crippen LogP contribution in [0.3, 0.4) is 0 Å². The fraction of sp³-hybridized carbons (Fsp3) is 0.222. The fourth-order valence-corrected chi connectivity index (χ4v) is 2.35. The molecule has 2 aromatic rings. The van der Waals surface area contributed by atoms with Gasteiger partial charge in [-0.2, -0.15) is 0 Å². The van der Waals surface area contributed by atoms with Gasteiger partial charge in [0.05, 0.1) is 0 Å². The van der Waals surface area contributed by atoms with Crippen molar-refractivity contribution in [2.45, 2.75) is 25.7 Å². The summed E-state index contributed by atoms with van der Waals surface area (Å²) < 4.78 is 0. The van der Waals surface area contributed by atoms with Gasteiger partial charge in [-0.05, 0) is 18.4 Å². The molecule has 0 fully saturated rings. The molecule has 0 spiro atoms. The van der Waals surface area contributed by atoms with Crippen LogP contribution in [0.5, 0.6) is 0 Å². The number of hydrogen-bond acceptors (Lipinski definition) is 2. The normalized spacial score (nSPS) is 11.8. The van der Waals surface area contributed by atoms with E-state index in [9.17, 15) is 9.59 Å². The van der Waals surface area contributed by atoms with E-state index in [1.165, 1.54) is 0 Å². The molecule has 1 atom stereocenters. The molecule has 2 rings (SSSR count). The number of benzene rings is 2. The quantitative estimate of drug-likeness (QED) is 0.740. The number of hydrogen-bond donors (Lipinski definition) is 0. The number of ketones is 2. The van der Waals surface area contributed by atoms with Crippen LogP contribution >= 0.6 is 0 Å². The van der Waals surface area contributed by atoms with Crippen molar-refractivity contribution >= 4 is 11.6 Å². The molecule has 0 N–H and O–H groups in total. The maximum atomic E-state index is 12.3. The van der Waals surface area contributed by atoms with Gasteiger partial charge in [-0.3, -0.25) is 4.79 Å². The Bertz CT molecular complexity index is 573. The van der Waals surface area contributed by atoms with E-state index in [0.717, 1.165) is 5.56 Å². The smallest absolute Gasteiger partial charge is 0.163 e. The van der Waals surface area contributed by atoms with Crippen molar-refractivity contribution in [3.63, 3.8) is 0 Å². The zero-order valence-electron chi connectivity index (χ0n) is 11.6. The van der Waals surface area contributed by atoms with E-state index in [4.69, 9.17) is 0 Å². The van der Waals surface area contributed by atoms with Gasteiger partial charge in [0.1, 0.15) is 5.78 Å². The van der Waals surface area contributed by atoms with Crippen molar-refractivity contribution in [2.24, 2.45) is 0 Å². The van der Waals surface area contributed by atoms with Crippen LogP contribution in [0.25, 0.3) is 0 Å². The molecule has 20 heavy (non-hydrogen) atoms. The molecule has 2 nitrogen and oxygen atoms in total. The summed E-state index contributed by atoms with van der Waals surface area (Å²) in [5.74, 6) is 0.154. The van der Waals surface area contributed by atoms with Crippen molar-refractivity contribution in [1.29, 1.82) is 0 Å². The Labute approximate surface area is 119 Å². The Morgan fingerprint density at radius 1 is 0.850 bits per heavy atom. The second kappa shape index (κ2) is 6.80. The van der Waals surface area contributed by atoms with Gasteiger partial charge in [0, 0.05) is 18.4 Å². The molecule has 2 heteroatoms. The minimum Gasteiger partial charge on any atom is -0.300 e. The maximum Gasteiger partial charge on any atom is 0.163 e. The van der Waals surface area contributed by atoms with Gasteiger partial charge >= 0.3 is 0 Å². The fourth-order valence-electron chi connectivity index (χ4n) is 2.35. The molecule has 0 aromatic heterocycles. The molecule has 0 heterocycles. The molecule has 0 amide bonds. The number of rotatable bonds is 6. The van der Waals surface area contributed by atoms with Crippen molar-refractivity contribution in [2.75, 3.05) is 0 Å². The maximum absolute atomic E-state index is 12.3. The molecule has 2 aromatic carbocycles. The Kier molecular flexibility index (Phi) is 4.83. The third kappa shape index (κ3) is 3.89. The summed E-state index contributed by atoms with van der Waals surface area (Å²) in [6.45, 7) is 1.57. The topological polar surface area (TPSA) is 34.1 Å². The third-order valence-corrected chi connectivity index (χ3v) is 3.33. The van der Waals surface area contributed by atoms with Crippen LogP contribution in [0.1, 0.15) is 41.6 Å². The Hall–Kier alpha value is -2.22. The highest BCUT2D eigenvalue weighted by Gasteiger charge is 2.18. The van der Waals surface area contributed by atoms with Crippen LogP contribution in [0, 0.1) is 0 Å². The van der Waals surface area contributed by atoms with Gasteiger partial charge in [-0.25, -0.2) is 0 Å². The lowest BCUT2D eigenvalue weighted by atomic mass is 9.88. The summed E-state index contributed by atoms with van der Waals surface area (Å²) in [5.41, 5.74) is 1.75. The second-order valence-corrected chi connectivity index (χ2v) is 5.01. The molecule has 0 saturated carbocycles. The molecule has 0 aliphatic rings. The zero-order chi connectivity index (χ0) is 14.4. The number of Topliss-reactive ketones (excluding diaryl/α,β-unsaturated/α-hetero) is 2. The van der Waals surface area contributed by atoms with Crippen molar-refractivity contribution in [3.8, 4) is 0 Å². The minimum absolute atomic E-state index is 0.0404. The lowest BCUT2D eigenvalue weighted by Crippen LogP contribution is -2.10. The van der Waals surface area contributed by atoms with E-state index in [2.05, 4.69) is 0 Å². The van der Waals surface area contributed by atoms with Gasteiger partial charge in [0.15, 0.2) is 5.78 Å². The first-order valence-electron chi connectivity index (χ1n) is 6.79. The molecule has 0 radical (unpaired) electrons.